The Bertz CT molecular complexity index is 1220. The highest BCUT2D eigenvalue weighted by atomic mass is 16.6. The normalized spacial score (nSPS) is 17.4. The second-order valence-corrected chi connectivity index (χ2v) is 9.85. The van der Waals surface area contributed by atoms with Crippen molar-refractivity contribution in [1.29, 1.82) is 0 Å². The molecule has 2 aliphatic rings. The molecule has 0 aliphatic heterocycles. The molecular weight excluding hydrogens is 490 g/mol. The third kappa shape index (κ3) is 5.75. The van der Waals surface area contributed by atoms with Crippen LogP contribution in [0.1, 0.15) is 89.4 Å². The van der Waals surface area contributed by atoms with E-state index in [4.69, 9.17) is 20.3 Å². The van der Waals surface area contributed by atoms with Gasteiger partial charge in [-0.2, -0.15) is 0 Å². The Hall–Kier alpha value is -3.27. The van der Waals surface area contributed by atoms with E-state index in [9.17, 15) is 24.6 Å². The van der Waals surface area contributed by atoms with Crippen LogP contribution >= 0.6 is 0 Å². The number of rotatable bonds is 8. The highest BCUT2D eigenvalue weighted by molar-refractivity contribution is 6.31. The van der Waals surface area contributed by atoms with Crippen molar-refractivity contribution in [2.75, 3.05) is 13.9 Å². The van der Waals surface area contributed by atoms with Crippen LogP contribution in [0.4, 0.5) is 0 Å². The van der Waals surface area contributed by atoms with Gasteiger partial charge in [0.05, 0.1) is 29.9 Å². The Kier molecular flexibility index (Phi) is 9.65. The van der Waals surface area contributed by atoms with Gasteiger partial charge in [-0.3, -0.25) is 14.4 Å². The van der Waals surface area contributed by atoms with Gasteiger partial charge in [-0.1, -0.05) is 19.1 Å². The van der Waals surface area contributed by atoms with Crippen molar-refractivity contribution in [2.24, 2.45) is 11.7 Å². The summed E-state index contributed by atoms with van der Waals surface area (Å²) in [6, 6.07) is 4.94. The van der Waals surface area contributed by atoms with Gasteiger partial charge in [0.25, 0.3) is 0 Å². The molecule has 0 amide bonds. The Labute approximate surface area is 222 Å². The zero-order valence-corrected chi connectivity index (χ0v) is 22.4. The van der Waals surface area contributed by atoms with Crippen molar-refractivity contribution in [1.82, 2.24) is 0 Å². The lowest BCUT2D eigenvalue weighted by molar-refractivity contribution is -0.121. The van der Waals surface area contributed by atoms with Crippen molar-refractivity contribution < 1.29 is 39.2 Å². The molecule has 0 aromatic heterocycles. The lowest BCUT2D eigenvalue weighted by atomic mass is 9.75. The number of benzene rings is 2. The predicted octanol–water partition coefficient (Wildman–Crippen LogP) is 3.43. The molecule has 3 unspecified atom stereocenters. The summed E-state index contributed by atoms with van der Waals surface area (Å²) in [7, 11) is 1.40. The number of ketones is 3. The van der Waals surface area contributed by atoms with E-state index in [2.05, 4.69) is 6.92 Å². The van der Waals surface area contributed by atoms with Gasteiger partial charge in [0.2, 0.25) is 5.78 Å². The van der Waals surface area contributed by atoms with Gasteiger partial charge in [-0.25, -0.2) is 0 Å². The first-order chi connectivity index (χ1) is 18.1. The SMILES string of the molecule is CCC(N)CCC(C)OCO.COc1cccc2c1C(=O)c1c(O)c3c(c(O)c1C2=O)CC(C(C)=O)CC3. The summed E-state index contributed by atoms with van der Waals surface area (Å²) in [4.78, 5) is 37.9. The molecule has 0 bridgehead atoms. The molecule has 0 heterocycles. The van der Waals surface area contributed by atoms with Crippen LogP contribution in [0.25, 0.3) is 0 Å². The second-order valence-electron chi connectivity index (χ2n) is 9.85. The molecule has 38 heavy (non-hydrogen) atoms. The molecule has 9 heteroatoms. The number of carbonyl (C=O) groups is 3. The monoisotopic (exact) mass is 527 g/mol. The number of Topliss-reactive ketones (excluding diaryl/α,β-unsaturated/α-hetero) is 1. The number of phenolic OH excluding ortho intramolecular Hbond substituents is 2. The number of fused-ring (bicyclic) bond motifs is 3. The number of aliphatic hydroxyl groups is 1. The number of hydrogen-bond acceptors (Lipinski definition) is 9. The zero-order chi connectivity index (χ0) is 28.1. The summed E-state index contributed by atoms with van der Waals surface area (Å²) in [6.07, 6.45) is 4.14. The number of ether oxygens (including phenoxy) is 2. The van der Waals surface area contributed by atoms with Gasteiger partial charge in [0.1, 0.15) is 29.8 Å². The van der Waals surface area contributed by atoms with E-state index in [-0.39, 0.29) is 76.6 Å². The highest BCUT2D eigenvalue weighted by Gasteiger charge is 2.40. The Balaban J connectivity index is 0.000000310. The molecule has 2 aliphatic carbocycles. The third-order valence-electron chi connectivity index (χ3n) is 7.43. The summed E-state index contributed by atoms with van der Waals surface area (Å²) in [5.41, 5.74) is 6.35. The first kappa shape index (κ1) is 29.3. The number of methoxy groups -OCH3 is 1. The van der Waals surface area contributed by atoms with E-state index in [0.717, 1.165) is 19.3 Å². The van der Waals surface area contributed by atoms with Crippen molar-refractivity contribution >= 4 is 17.3 Å². The Morgan fingerprint density at radius 1 is 1.08 bits per heavy atom. The van der Waals surface area contributed by atoms with E-state index < -0.39 is 11.6 Å². The van der Waals surface area contributed by atoms with Crippen LogP contribution in [-0.2, 0) is 22.4 Å². The van der Waals surface area contributed by atoms with Crippen molar-refractivity contribution in [2.45, 2.75) is 71.4 Å². The minimum Gasteiger partial charge on any atom is -0.507 e. The van der Waals surface area contributed by atoms with Gasteiger partial charge in [-0.05, 0) is 58.4 Å². The maximum Gasteiger partial charge on any atom is 0.202 e. The molecule has 2 aromatic carbocycles. The van der Waals surface area contributed by atoms with Crippen molar-refractivity contribution in [3.05, 3.63) is 51.6 Å². The smallest absolute Gasteiger partial charge is 0.202 e. The maximum absolute atomic E-state index is 13.1. The summed E-state index contributed by atoms with van der Waals surface area (Å²) < 4.78 is 10.2. The lowest BCUT2D eigenvalue weighted by Crippen LogP contribution is -2.26. The lowest BCUT2D eigenvalue weighted by Gasteiger charge is -2.29. The number of carbonyl (C=O) groups excluding carboxylic acids is 3. The molecule has 5 N–H and O–H groups in total. The van der Waals surface area contributed by atoms with Gasteiger partial charge >= 0.3 is 0 Å². The van der Waals surface area contributed by atoms with Crippen molar-refractivity contribution in [3.63, 3.8) is 0 Å². The topological polar surface area (TPSA) is 156 Å². The second kappa shape index (κ2) is 12.5. The average molecular weight is 528 g/mol. The van der Waals surface area contributed by atoms with Crippen LogP contribution in [0, 0.1) is 5.92 Å². The van der Waals surface area contributed by atoms with Crippen molar-refractivity contribution in [3.8, 4) is 17.2 Å². The molecule has 0 fully saturated rings. The number of nitrogens with two attached hydrogens (primary N) is 1. The van der Waals surface area contributed by atoms with Gasteiger partial charge in [0, 0.05) is 28.7 Å². The van der Waals surface area contributed by atoms with Crippen LogP contribution in [0.2, 0.25) is 0 Å². The number of aliphatic hydroxyl groups excluding tert-OH is 1. The maximum atomic E-state index is 13.1. The van der Waals surface area contributed by atoms with E-state index in [1.54, 1.807) is 12.1 Å². The van der Waals surface area contributed by atoms with E-state index in [0.29, 0.717) is 24.0 Å². The van der Waals surface area contributed by atoms with Crippen LogP contribution in [0.3, 0.4) is 0 Å². The van der Waals surface area contributed by atoms with E-state index in [1.807, 2.05) is 6.92 Å². The van der Waals surface area contributed by atoms with E-state index >= 15 is 0 Å². The fourth-order valence-electron chi connectivity index (χ4n) is 5.02. The minimum absolute atomic E-state index is 0.00487. The predicted molar refractivity (Wildman–Crippen MR) is 141 cm³/mol. The third-order valence-corrected chi connectivity index (χ3v) is 7.43. The molecular formula is C29H37NO8. The van der Waals surface area contributed by atoms with Crippen LogP contribution in [0.15, 0.2) is 18.2 Å². The first-order valence-corrected chi connectivity index (χ1v) is 12.9. The standard InChI is InChI=1S/C21H18O6.C8H19NO2/c1-9(22)10-6-7-11-13(8-10)20(25)16-17(18(11)23)21(26)15-12(19(16)24)4-3-5-14(15)27-2;1-3-8(9)5-4-7(2)11-6-10/h3-5,10,23,25H,6-8H2,1-2H3;7-8,10H,3-6,9H2,1-2H3. The largest absolute Gasteiger partial charge is 0.507 e. The molecule has 0 saturated carbocycles. The summed E-state index contributed by atoms with van der Waals surface area (Å²) in [5.74, 6) is -1.73. The molecule has 0 radical (unpaired) electrons. The summed E-state index contributed by atoms with van der Waals surface area (Å²) in [5, 5.41) is 30.0. The van der Waals surface area contributed by atoms with Gasteiger partial charge < -0.3 is 30.5 Å². The highest BCUT2D eigenvalue weighted by Crippen LogP contribution is 2.47. The quantitative estimate of drug-likeness (QED) is 0.254. The number of hydrogen-bond donors (Lipinski definition) is 4. The zero-order valence-electron chi connectivity index (χ0n) is 22.4. The average Bonchev–Trinajstić information content (AvgIpc) is 2.91. The molecule has 3 atom stereocenters. The van der Waals surface area contributed by atoms with Crippen LogP contribution in [0.5, 0.6) is 17.2 Å². The fraction of sp³-hybridized carbons (Fsp3) is 0.483. The number of phenols is 2. The van der Waals surface area contributed by atoms with E-state index in [1.165, 1.54) is 20.1 Å². The molecule has 9 nitrogen and oxygen atoms in total. The first-order valence-electron chi connectivity index (χ1n) is 12.9. The molecule has 206 valence electrons. The fourth-order valence-corrected chi connectivity index (χ4v) is 5.02. The Morgan fingerprint density at radius 3 is 2.34 bits per heavy atom. The van der Waals surface area contributed by atoms with Gasteiger partial charge in [-0.15, -0.1) is 0 Å². The molecule has 2 aromatic rings. The molecule has 4 rings (SSSR count). The van der Waals surface area contributed by atoms with Crippen LogP contribution < -0.4 is 10.5 Å². The Morgan fingerprint density at radius 2 is 1.74 bits per heavy atom. The summed E-state index contributed by atoms with van der Waals surface area (Å²) >= 11 is 0. The minimum atomic E-state index is -0.554. The van der Waals surface area contributed by atoms with Crippen LogP contribution in [-0.4, -0.2) is 58.7 Å². The number of aromatic hydroxyl groups is 2. The summed E-state index contributed by atoms with van der Waals surface area (Å²) in [6.45, 7) is 5.31. The molecule has 0 saturated heterocycles. The van der Waals surface area contributed by atoms with Gasteiger partial charge in [0.15, 0.2) is 5.78 Å². The molecule has 0 spiro atoms.